The summed E-state index contributed by atoms with van der Waals surface area (Å²) in [5.41, 5.74) is 1.39. The number of hydrogen-bond acceptors (Lipinski definition) is 7. The number of rotatable bonds is 5. The van der Waals surface area contributed by atoms with E-state index >= 15 is 0 Å². The Morgan fingerprint density at radius 1 is 1.24 bits per heavy atom. The molecule has 0 radical (unpaired) electrons. The molecule has 1 aliphatic carbocycles. The molecule has 9 nitrogen and oxygen atoms in total. The topological polar surface area (TPSA) is 108 Å². The first-order chi connectivity index (χ1) is 15.9. The lowest BCUT2D eigenvalue weighted by Crippen LogP contribution is -2.38. The smallest absolute Gasteiger partial charge is 0.335 e. The van der Waals surface area contributed by atoms with Crippen LogP contribution in [0.5, 0.6) is 5.75 Å². The van der Waals surface area contributed by atoms with Crippen molar-refractivity contribution < 1.29 is 19.4 Å². The number of aromatic nitrogens is 2. The lowest BCUT2D eigenvalue weighted by molar-refractivity contribution is -0.121. The predicted octanol–water partition coefficient (Wildman–Crippen LogP) is 4.31. The van der Waals surface area contributed by atoms with Crippen LogP contribution in [0.25, 0.3) is 0 Å². The predicted molar refractivity (Wildman–Crippen MR) is 129 cm³/mol. The number of carboxylic acids is 1. The van der Waals surface area contributed by atoms with Crippen molar-refractivity contribution in [2.75, 3.05) is 35.8 Å². The van der Waals surface area contributed by atoms with Gasteiger partial charge in [-0.15, -0.1) is 0 Å². The minimum Gasteiger partial charge on any atom is -0.495 e. The van der Waals surface area contributed by atoms with Crippen molar-refractivity contribution in [2.24, 2.45) is 5.92 Å². The van der Waals surface area contributed by atoms with Gasteiger partial charge < -0.3 is 25.0 Å². The van der Waals surface area contributed by atoms with Crippen molar-refractivity contribution in [1.82, 2.24) is 9.97 Å². The highest BCUT2D eigenvalue weighted by atomic mass is 16.5. The Kier molecular flexibility index (Phi) is 7.73. The number of methoxy groups -OCH3 is 1. The number of aromatic carboxylic acids is 1. The van der Waals surface area contributed by atoms with E-state index in [0.29, 0.717) is 35.7 Å². The molecule has 0 saturated heterocycles. The molecule has 1 atom stereocenters. The summed E-state index contributed by atoms with van der Waals surface area (Å²) in [5.74, 6) is 0.369. The maximum Gasteiger partial charge on any atom is 0.335 e. The van der Waals surface area contributed by atoms with Crippen LogP contribution in [0.3, 0.4) is 0 Å². The van der Waals surface area contributed by atoms with Crippen LogP contribution >= 0.6 is 0 Å². The Balaban J connectivity index is 0.00000149. The molecule has 4 rings (SSSR count). The second kappa shape index (κ2) is 10.5. The molecule has 1 saturated carbocycles. The zero-order valence-corrected chi connectivity index (χ0v) is 20.0. The van der Waals surface area contributed by atoms with Crippen LogP contribution in [0.4, 0.5) is 23.1 Å². The molecule has 33 heavy (non-hydrogen) atoms. The summed E-state index contributed by atoms with van der Waals surface area (Å²) in [4.78, 5) is 37.1. The highest BCUT2D eigenvalue weighted by molar-refractivity contribution is 5.98. The molecular weight excluding hydrogens is 422 g/mol. The van der Waals surface area contributed by atoms with Gasteiger partial charge in [-0.2, -0.15) is 4.98 Å². The highest BCUT2D eigenvalue weighted by Crippen LogP contribution is 2.37. The lowest BCUT2D eigenvalue weighted by atomic mass is 10.1. The number of nitrogens with zero attached hydrogens (tertiary/aromatic N) is 4. The summed E-state index contributed by atoms with van der Waals surface area (Å²) in [6.07, 6.45) is 6.19. The van der Waals surface area contributed by atoms with Crippen molar-refractivity contribution in [3.8, 4) is 5.75 Å². The molecule has 2 aliphatic rings. The third kappa shape index (κ3) is 5.02. The van der Waals surface area contributed by atoms with E-state index in [1.165, 1.54) is 32.1 Å². The number of carboxylic acid groups (broad SMARTS) is 1. The molecule has 2 aromatic rings. The third-order valence-electron chi connectivity index (χ3n) is 6.07. The molecule has 1 unspecified atom stereocenters. The van der Waals surface area contributed by atoms with Gasteiger partial charge in [0.2, 0.25) is 11.9 Å². The molecule has 1 amide bonds. The average molecular weight is 456 g/mol. The zero-order chi connectivity index (χ0) is 24.1. The number of nitrogens with one attached hydrogen (secondary N) is 1. The van der Waals surface area contributed by atoms with E-state index in [4.69, 9.17) is 9.72 Å². The first kappa shape index (κ1) is 24.3. The van der Waals surface area contributed by atoms with Gasteiger partial charge >= 0.3 is 5.97 Å². The van der Waals surface area contributed by atoms with Crippen molar-refractivity contribution in [3.63, 3.8) is 0 Å². The van der Waals surface area contributed by atoms with Crippen LogP contribution in [0.2, 0.25) is 0 Å². The molecule has 0 bridgehead atoms. The van der Waals surface area contributed by atoms with Crippen molar-refractivity contribution in [3.05, 3.63) is 30.0 Å². The summed E-state index contributed by atoms with van der Waals surface area (Å²) in [7, 11) is 3.24. The zero-order valence-electron chi connectivity index (χ0n) is 20.0. The highest BCUT2D eigenvalue weighted by Gasteiger charge is 2.35. The van der Waals surface area contributed by atoms with Crippen LogP contribution in [-0.2, 0) is 4.79 Å². The Morgan fingerprint density at radius 2 is 1.94 bits per heavy atom. The largest absolute Gasteiger partial charge is 0.495 e. The first-order valence-electron chi connectivity index (χ1n) is 11.5. The number of benzene rings is 1. The molecule has 2 heterocycles. The maximum absolute atomic E-state index is 12.8. The third-order valence-corrected chi connectivity index (χ3v) is 6.07. The maximum atomic E-state index is 12.8. The minimum atomic E-state index is -1.03. The molecule has 1 fully saturated rings. The fraction of sp³-hybridized carbons (Fsp3) is 0.500. The van der Waals surface area contributed by atoms with Gasteiger partial charge in [0.15, 0.2) is 5.82 Å². The van der Waals surface area contributed by atoms with Gasteiger partial charge in [0.25, 0.3) is 0 Å². The molecule has 2 N–H and O–H groups in total. The Hall–Kier alpha value is -3.36. The molecular formula is C24H33N5O4. The number of ether oxygens (including phenoxy) is 1. The van der Waals surface area contributed by atoms with Crippen LogP contribution < -0.4 is 19.9 Å². The van der Waals surface area contributed by atoms with Gasteiger partial charge in [0.1, 0.15) is 11.4 Å². The van der Waals surface area contributed by atoms with Gasteiger partial charge in [0.05, 0.1) is 30.5 Å². The fourth-order valence-corrected chi connectivity index (χ4v) is 4.37. The van der Waals surface area contributed by atoms with E-state index < -0.39 is 5.97 Å². The van der Waals surface area contributed by atoms with Gasteiger partial charge in [-0.3, -0.25) is 4.79 Å². The monoisotopic (exact) mass is 455 g/mol. The van der Waals surface area contributed by atoms with Gasteiger partial charge in [-0.25, -0.2) is 9.78 Å². The number of amides is 1. The second-order valence-electron chi connectivity index (χ2n) is 8.14. The van der Waals surface area contributed by atoms with Gasteiger partial charge in [0, 0.05) is 19.6 Å². The molecule has 0 spiro atoms. The average Bonchev–Trinajstić information content (AvgIpc) is 3.34. The summed E-state index contributed by atoms with van der Waals surface area (Å²) in [6, 6.07) is 4.93. The Morgan fingerprint density at radius 3 is 2.58 bits per heavy atom. The number of fused-ring (bicyclic) bond motifs is 1. The van der Waals surface area contributed by atoms with E-state index in [1.807, 2.05) is 20.8 Å². The van der Waals surface area contributed by atoms with E-state index in [1.54, 1.807) is 24.2 Å². The van der Waals surface area contributed by atoms with Crippen LogP contribution in [-0.4, -0.2) is 53.7 Å². The number of hydrogen-bond donors (Lipinski definition) is 2. The summed E-state index contributed by atoms with van der Waals surface area (Å²) >= 11 is 0. The van der Waals surface area contributed by atoms with E-state index in [2.05, 4.69) is 15.2 Å². The summed E-state index contributed by atoms with van der Waals surface area (Å²) in [6.45, 7) is 6.57. The van der Waals surface area contributed by atoms with Crippen LogP contribution in [0.1, 0.15) is 56.8 Å². The molecule has 178 valence electrons. The van der Waals surface area contributed by atoms with Crippen LogP contribution in [0, 0.1) is 5.92 Å². The minimum absolute atomic E-state index is 0.0528. The Bertz CT molecular complexity index is 1010. The first-order valence-corrected chi connectivity index (χ1v) is 11.5. The van der Waals surface area contributed by atoms with E-state index in [0.717, 1.165) is 18.7 Å². The SMILES string of the molecule is CC.COc1cc(C(=O)O)ccc1Nc1ncc2c(n1)N(C1CCCC1)CC(C)C(=O)N2C. The van der Waals surface area contributed by atoms with Crippen LogP contribution in [0.15, 0.2) is 24.4 Å². The number of carbonyl (C=O) groups is 2. The fourth-order valence-electron chi connectivity index (χ4n) is 4.37. The number of carbonyl (C=O) groups excluding carboxylic acids is 1. The van der Waals surface area contributed by atoms with Gasteiger partial charge in [-0.1, -0.05) is 33.6 Å². The second-order valence-corrected chi connectivity index (χ2v) is 8.14. The number of anilines is 4. The van der Waals surface area contributed by atoms with Crippen molar-refractivity contribution >= 4 is 35.0 Å². The molecule has 1 aromatic carbocycles. The summed E-state index contributed by atoms with van der Waals surface area (Å²) in [5, 5.41) is 12.3. The Labute approximate surface area is 194 Å². The molecule has 1 aromatic heterocycles. The van der Waals surface area contributed by atoms with E-state index in [-0.39, 0.29) is 17.4 Å². The quantitative estimate of drug-likeness (QED) is 0.686. The van der Waals surface area contributed by atoms with Gasteiger partial charge in [-0.05, 0) is 31.0 Å². The summed E-state index contributed by atoms with van der Waals surface area (Å²) < 4.78 is 5.34. The standard InChI is InChI=1S/C22H27N5O4.C2H6/c1-13-12-27(15-6-4-5-7-15)19-17(26(2)20(13)28)11-23-22(25-19)24-16-9-8-14(21(29)30)10-18(16)31-3;1-2/h8-11,13,15H,4-7,12H2,1-3H3,(H,29,30)(H,23,24,25);1-2H3. The van der Waals surface area contributed by atoms with E-state index in [9.17, 15) is 14.7 Å². The lowest BCUT2D eigenvalue weighted by Gasteiger charge is -2.31. The normalized spacial score (nSPS) is 18.2. The van der Waals surface area contributed by atoms with Crippen molar-refractivity contribution in [2.45, 2.75) is 52.5 Å². The molecule has 9 heteroatoms. The molecule has 1 aliphatic heterocycles. The van der Waals surface area contributed by atoms with Crippen molar-refractivity contribution in [1.29, 1.82) is 0 Å².